The van der Waals surface area contributed by atoms with E-state index in [0.29, 0.717) is 12.4 Å². The maximum Gasteiger partial charge on any atom is 0.222 e. The van der Waals surface area contributed by atoms with Gasteiger partial charge in [0.25, 0.3) is 0 Å². The second-order valence-corrected chi connectivity index (χ2v) is 3.10. The molecule has 5 heteroatoms. The van der Waals surface area contributed by atoms with Crippen molar-refractivity contribution < 1.29 is 5.11 Å². The lowest BCUT2D eigenvalue weighted by molar-refractivity contribution is 0.311. The minimum atomic E-state index is 0.0538. The summed E-state index contributed by atoms with van der Waals surface area (Å²) in [6.45, 7) is 0.499. The number of para-hydroxylation sites is 1. The van der Waals surface area contributed by atoms with E-state index in [0.717, 1.165) is 10.9 Å². The van der Waals surface area contributed by atoms with Crippen LogP contribution in [0.4, 0.5) is 11.8 Å². The van der Waals surface area contributed by atoms with Gasteiger partial charge in [0.05, 0.1) is 12.1 Å². The van der Waals surface area contributed by atoms with E-state index in [9.17, 15) is 0 Å². The number of aliphatic hydroxyl groups excluding tert-OH is 1. The zero-order valence-corrected chi connectivity index (χ0v) is 8.14. The van der Waals surface area contributed by atoms with Crippen molar-refractivity contribution in [3.05, 3.63) is 24.3 Å². The number of hydrogen-bond donors (Lipinski definition) is 3. The van der Waals surface area contributed by atoms with Crippen molar-refractivity contribution in [2.45, 2.75) is 0 Å². The van der Waals surface area contributed by atoms with Gasteiger partial charge in [-0.05, 0) is 12.1 Å². The van der Waals surface area contributed by atoms with Crippen molar-refractivity contribution >= 4 is 22.7 Å². The molecule has 0 bridgehead atoms. The van der Waals surface area contributed by atoms with Gasteiger partial charge in [-0.2, -0.15) is 4.98 Å². The Bertz CT molecular complexity index is 472. The number of hydrogen-bond acceptors (Lipinski definition) is 5. The molecule has 0 spiro atoms. The SMILES string of the molecule is Nc1nc(NCCO)c2ccccc2n1. The van der Waals surface area contributed by atoms with Crippen LogP contribution in [0.15, 0.2) is 24.3 Å². The Labute approximate surface area is 87.0 Å². The summed E-state index contributed by atoms with van der Waals surface area (Å²) in [5, 5.41) is 12.6. The van der Waals surface area contributed by atoms with E-state index in [1.807, 2.05) is 24.3 Å². The van der Waals surface area contributed by atoms with Gasteiger partial charge in [-0.15, -0.1) is 0 Å². The highest BCUT2D eigenvalue weighted by Gasteiger charge is 2.03. The molecule has 2 aromatic rings. The number of nitrogens with zero attached hydrogens (tertiary/aromatic N) is 2. The van der Waals surface area contributed by atoms with Crippen LogP contribution in [0.25, 0.3) is 10.9 Å². The van der Waals surface area contributed by atoms with Gasteiger partial charge in [0.1, 0.15) is 5.82 Å². The van der Waals surface area contributed by atoms with Crippen LogP contribution in [0.1, 0.15) is 0 Å². The number of aromatic nitrogens is 2. The van der Waals surface area contributed by atoms with Crippen molar-refractivity contribution in [1.82, 2.24) is 9.97 Å². The number of rotatable bonds is 3. The molecule has 0 atom stereocenters. The fraction of sp³-hybridized carbons (Fsp3) is 0.200. The molecule has 0 saturated heterocycles. The Morgan fingerprint density at radius 2 is 2.07 bits per heavy atom. The molecule has 0 saturated carbocycles. The number of benzene rings is 1. The third-order valence-electron chi connectivity index (χ3n) is 2.02. The number of aliphatic hydroxyl groups is 1. The number of anilines is 2. The minimum Gasteiger partial charge on any atom is -0.395 e. The summed E-state index contributed by atoms with van der Waals surface area (Å²) < 4.78 is 0. The molecule has 0 aliphatic heterocycles. The minimum absolute atomic E-state index is 0.0538. The van der Waals surface area contributed by atoms with Gasteiger partial charge >= 0.3 is 0 Å². The van der Waals surface area contributed by atoms with Crippen molar-refractivity contribution in [3.63, 3.8) is 0 Å². The monoisotopic (exact) mass is 204 g/mol. The standard InChI is InChI=1S/C10H12N4O/c11-10-13-8-4-2-1-3-7(8)9(14-10)12-5-6-15/h1-4,15H,5-6H2,(H3,11,12,13,14). The van der Waals surface area contributed by atoms with Gasteiger partial charge in [0.2, 0.25) is 5.95 Å². The highest BCUT2D eigenvalue weighted by atomic mass is 16.3. The van der Waals surface area contributed by atoms with E-state index in [2.05, 4.69) is 15.3 Å². The molecule has 4 N–H and O–H groups in total. The van der Waals surface area contributed by atoms with Crippen LogP contribution in [-0.4, -0.2) is 28.2 Å². The summed E-state index contributed by atoms with van der Waals surface area (Å²) in [5.74, 6) is 0.890. The summed E-state index contributed by atoms with van der Waals surface area (Å²) in [6, 6.07) is 7.59. The average Bonchev–Trinajstić information content (AvgIpc) is 2.25. The van der Waals surface area contributed by atoms with Crippen LogP contribution in [0.5, 0.6) is 0 Å². The molecule has 1 aromatic heterocycles. The zero-order chi connectivity index (χ0) is 10.7. The maximum absolute atomic E-state index is 8.73. The molecule has 1 aromatic carbocycles. The van der Waals surface area contributed by atoms with Crippen LogP contribution in [0, 0.1) is 0 Å². The van der Waals surface area contributed by atoms with E-state index >= 15 is 0 Å². The van der Waals surface area contributed by atoms with Gasteiger partial charge in [0.15, 0.2) is 0 Å². The Morgan fingerprint density at radius 1 is 1.27 bits per heavy atom. The second kappa shape index (κ2) is 4.10. The van der Waals surface area contributed by atoms with E-state index in [-0.39, 0.29) is 12.6 Å². The van der Waals surface area contributed by atoms with Crippen LogP contribution in [0.3, 0.4) is 0 Å². The molecule has 15 heavy (non-hydrogen) atoms. The molecule has 0 radical (unpaired) electrons. The van der Waals surface area contributed by atoms with Crippen molar-refractivity contribution in [2.75, 3.05) is 24.2 Å². The summed E-state index contributed by atoms with van der Waals surface area (Å²) in [4.78, 5) is 8.19. The molecule has 0 unspecified atom stereocenters. The Hall–Kier alpha value is -1.88. The van der Waals surface area contributed by atoms with Crippen molar-refractivity contribution in [2.24, 2.45) is 0 Å². The van der Waals surface area contributed by atoms with Crippen molar-refractivity contribution in [1.29, 1.82) is 0 Å². The van der Waals surface area contributed by atoms with Crippen LogP contribution in [-0.2, 0) is 0 Å². The molecular weight excluding hydrogens is 192 g/mol. The number of nitrogens with one attached hydrogen (secondary N) is 1. The molecule has 2 rings (SSSR count). The Kier molecular flexibility index (Phi) is 2.64. The van der Waals surface area contributed by atoms with E-state index in [4.69, 9.17) is 10.8 Å². The number of fused-ring (bicyclic) bond motifs is 1. The molecule has 0 aliphatic rings. The zero-order valence-electron chi connectivity index (χ0n) is 8.14. The first kappa shape index (κ1) is 9.67. The average molecular weight is 204 g/mol. The first-order chi connectivity index (χ1) is 7.31. The summed E-state index contributed by atoms with van der Waals surface area (Å²) in [7, 11) is 0. The van der Waals surface area contributed by atoms with Crippen LogP contribution < -0.4 is 11.1 Å². The third kappa shape index (κ3) is 1.97. The first-order valence-corrected chi connectivity index (χ1v) is 4.68. The van der Waals surface area contributed by atoms with Crippen molar-refractivity contribution in [3.8, 4) is 0 Å². The lowest BCUT2D eigenvalue weighted by Crippen LogP contribution is -2.09. The van der Waals surface area contributed by atoms with Gasteiger partial charge < -0.3 is 16.2 Å². The molecule has 1 heterocycles. The summed E-state index contributed by atoms with van der Waals surface area (Å²) in [5.41, 5.74) is 6.37. The Morgan fingerprint density at radius 3 is 2.87 bits per heavy atom. The van der Waals surface area contributed by atoms with Crippen LogP contribution >= 0.6 is 0 Å². The first-order valence-electron chi connectivity index (χ1n) is 4.68. The summed E-state index contributed by atoms with van der Waals surface area (Å²) >= 11 is 0. The highest BCUT2D eigenvalue weighted by molar-refractivity contribution is 5.89. The molecule has 0 amide bonds. The summed E-state index contributed by atoms with van der Waals surface area (Å²) in [6.07, 6.45) is 0. The quantitative estimate of drug-likeness (QED) is 0.682. The molecule has 5 nitrogen and oxygen atoms in total. The smallest absolute Gasteiger partial charge is 0.222 e. The van der Waals surface area contributed by atoms with Gasteiger partial charge in [-0.25, -0.2) is 4.98 Å². The predicted molar refractivity (Wildman–Crippen MR) is 59.5 cm³/mol. The maximum atomic E-state index is 8.73. The predicted octanol–water partition coefficient (Wildman–Crippen LogP) is 0.616. The Balaban J connectivity index is 2.50. The molecular formula is C10H12N4O. The normalized spacial score (nSPS) is 10.5. The molecule has 0 aliphatic carbocycles. The molecule has 0 fully saturated rings. The number of nitrogen functional groups attached to an aromatic ring is 1. The highest BCUT2D eigenvalue weighted by Crippen LogP contribution is 2.20. The lowest BCUT2D eigenvalue weighted by atomic mass is 10.2. The van der Waals surface area contributed by atoms with Crippen LogP contribution in [0.2, 0.25) is 0 Å². The fourth-order valence-corrected chi connectivity index (χ4v) is 1.40. The lowest BCUT2D eigenvalue weighted by Gasteiger charge is -2.07. The number of nitrogens with two attached hydrogens (primary N) is 1. The third-order valence-corrected chi connectivity index (χ3v) is 2.02. The largest absolute Gasteiger partial charge is 0.395 e. The molecule has 78 valence electrons. The van der Waals surface area contributed by atoms with E-state index in [1.165, 1.54) is 0 Å². The van der Waals surface area contributed by atoms with Gasteiger partial charge in [-0.3, -0.25) is 0 Å². The van der Waals surface area contributed by atoms with Gasteiger partial charge in [0, 0.05) is 11.9 Å². The van der Waals surface area contributed by atoms with Gasteiger partial charge in [-0.1, -0.05) is 12.1 Å². The van der Waals surface area contributed by atoms with E-state index < -0.39 is 0 Å². The fourth-order valence-electron chi connectivity index (χ4n) is 1.40. The van der Waals surface area contributed by atoms with E-state index in [1.54, 1.807) is 0 Å². The second-order valence-electron chi connectivity index (χ2n) is 3.10. The topological polar surface area (TPSA) is 84.1 Å².